The van der Waals surface area contributed by atoms with Gasteiger partial charge in [0.25, 0.3) is 0 Å². The largest absolute Gasteiger partial charge is 0.479 e. The molecule has 19 heavy (non-hydrogen) atoms. The van der Waals surface area contributed by atoms with E-state index in [1.54, 1.807) is 17.5 Å². The Morgan fingerprint density at radius 1 is 1.58 bits per heavy atom. The maximum atomic E-state index is 12.1. The Balaban J connectivity index is 2.05. The van der Waals surface area contributed by atoms with Gasteiger partial charge in [-0.15, -0.1) is 11.3 Å². The van der Waals surface area contributed by atoms with E-state index in [-0.39, 0.29) is 12.6 Å². The quantitative estimate of drug-likeness (QED) is 0.770. The minimum atomic E-state index is -1.09. The summed E-state index contributed by atoms with van der Waals surface area (Å²) >= 11 is 1.29. The molecule has 2 amide bonds. The first-order valence-electron chi connectivity index (χ1n) is 6.07. The zero-order valence-corrected chi connectivity index (χ0v) is 11.1. The van der Waals surface area contributed by atoms with Crippen LogP contribution in [0.1, 0.15) is 23.8 Å². The Bertz CT molecular complexity index is 449. The molecule has 7 heteroatoms. The van der Waals surface area contributed by atoms with Crippen LogP contribution >= 0.6 is 11.3 Å². The fraction of sp³-hybridized carbons (Fsp3) is 0.500. The van der Waals surface area contributed by atoms with Crippen LogP contribution in [0.15, 0.2) is 17.5 Å². The predicted octanol–water partition coefficient (Wildman–Crippen LogP) is 1.04. The summed E-state index contributed by atoms with van der Waals surface area (Å²) in [7, 11) is 0. The summed E-state index contributed by atoms with van der Waals surface area (Å²) in [5.41, 5.74) is 0. The number of nitrogens with zero attached hydrogens (tertiary/aromatic N) is 1. The number of carboxylic acid groups (broad SMARTS) is 1. The van der Waals surface area contributed by atoms with Crippen molar-refractivity contribution in [2.24, 2.45) is 0 Å². The molecule has 2 atom stereocenters. The topological polar surface area (TPSA) is 89.9 Å². The lowest BCUT2D eigenvalue weighted by Crippen LogP contribution is -2.46. The van der Waals surface area contributed by atoms with Crippen molar-refractivity contribution in [1.82, 2.24) is 10.2 Å². The zero-order chi connectivity index (χ0) is 13.8. The van der Waals surface area contributed by atoms with Gasteiger partial charge in [0, 0.05) is 11.4 Å². The average molecular weight is 284 g/mol. The second kappa shape index (κ2) is 6.03. The highest BCUT2D eigenvalue weighted by Crippen LogP contribution is 2.21. The lowest BCUT2D eigenvalue weighted by atomic mass is 10.2. The van der Waals surface area contributed by atoms with Crippen LogP contribution in [0.2, 0.25) is 0 Å². The van der Waals surface area contributed by atoms with E-state index in [0.29, 0.717) is 11.4 Å². The first kappa shape index (κ1) is 13.8. The molecule has 2 rings (SSSR count). The van der Waals surface area contributed by atoms with Gasteiger partial charge in [-0.05, 0) is 24.3 Å². The second-order valence-electron chi connectivity index (χ2n) is 4.41. The minimum absolute atomic E-state index is 0.0931. The highest BCUT2D eigenvalue weighted by molar-refractivity contribution is 7.10. The first-order chi connectivity index (χ1) is 9.13. The highest BCUT2D eigenvalue weighted by Gasteiger charge is 2.31. The van der Waals surface area contributed by atoms with Crippen molar-refractivity contribution < 1.29 is 19.8 Å². The smallest absolute Gasteiger partial charge is 0.331 e. The number of amides is 2. The molecule has 1 aromatic heterocycles. The van der Waals surface area contributed by atoms with Crippen LogP contribution in [0.4, 0.5) is 4.79 Å². The molecule has 2 heterocycles. The van der Waals surface area contributed by atoms with Crippen LogP contribution < -0.4 is 5.32 Å². The molecule has 2 unspecified atom stereocenters. The van der Waals surface area contributed by atoms with Crippen molar-refractivity contribution in [3.05, 3.63) is 22.4 Å². The molecular formula is C12H16N2O4S. The third kappa shape index (κ3) is 3.05. The molecule has 1 saturated heterocycles. The SMILES string of the molecule is O=C(O)C(NC(=O)N1CCCC1CO)c1cccs1. The van der Waals surface area contributed by atoms with Gasteiger partial charge in [0.2, 0.25) is 0 Å². The number of carboxylic acids is 1. The van der Waals surface area contributed by atoms with Crippen molar-refractivity contribution >= 4 is 23.3 Å². The summed E-state index contributed by atoms with van der Waals surface area (Å²) in [5, 5.41) is 22.6. The standard InChI is InChI=1S/C12H16N2O4S/c15-7-8-3-1-5-14(8)12(18)13-10(11(16)17)9-4-2-6-19-9/h2,4,6,8,10,15H,1,3,5,7H2,(H,13,18)(H,16,17). The molecular weight excluding hydrogens is 268 g/mol. The fourth-order valence-electron chi connectivity index (χ4n) is 2.21. The number of likely N-dealkylation sites (tertiary alicyclic amines) is 1. The lowest BCUT2D eigenvalue weighted by molar-refractivity contribution is -0.139. The van der Waals surface area contributed by atoms with Crippen LogP contribution in [0.3, 0.4) is 0 Å². The monoisotopic (exact) mass is 284 g/mol. The van der Waals surface area contributed by atoms with Gasteiger partial charge in [-0.25, -0.2) is 9.59 Å². The average Bonchev–Trinajstić information content (AvgIpc) is 3.05. The number of carbonyl (C=O) groups excluding carboxylic acids is 1. The normalized spacial score (nSPS) is 20.3. The van der Waals surface area contributed by atoms with Crippen LogP contribution in [-0.4, -0.2) is 46.3 Å². The van der Waals surface area contributed by atoms with Gasteiger partial charge in [-0.3, -0.25) is 0 Å². The maximum Gasteiger partial charge on any atom is 0.331 e. The van der Waals surface area contributed by atoms with Gasteiger partial charge in [0.15, 0.2) is 6.04 Å². The lowest BCUT2D eigenvalue weighted by Gasteiger charge is -2.25. The molecule has 0 spiro atoms. The third-order valence-corrected chi connectivity index (χ3v) is 4.13. The molecule has 0 aliphatic carbocycles. The van der Waals surface area contributed by atoms with E-state index in [1.807, 2.05) is 0 Å². The fourth-order valence-corrected chi connectivity index (χ4v) is 2.98. The van der Waals surface area contributed by atoms with Gasteiger partial charge >= 0.3 is 12.0 Å². The molecule has 1 aromatic rings. The number of thiophene rings is 1. The van der Waals surface area contributed by atoms with Gasteiger partial charge in [0.05, 0.1) is 12.6 Å². The molecule has 6 nitrogen and oxygen atoms in total. The minimum Gasteiger partial charge on any atom is -0.479 e. The molecule has 0 saturated carbocycles. The van der Waals surface area contributed by atoms with E-state index in [9.17, 15) is 19.8 Å². The van der Waals surface area contributed by atoms with Crippen LogP contribution in [0.25, 0.3) is 0 Å². The molecule has 1 aliphatic rings. The van der Waals surface area contributed by atoms with Crippen molar-refractivity contribution in [1.29, 1.82) is 0 Å². The Morgan fingerprint density at radius 2 is 2.37 bits per heavy atom. The Labute approximate surface area is 114 Å². The number of aliphatic hydroxyl groups excluding tert-OH is 1. The Kier molecular flexibility index (Phi) is 4.39. The summed E-state index contributed by atoms with van der Waals surface area (Å²) in [6, 6.07) is 1.74. The van der Waals surface area contributed by atoms with E-state index in [0.717, 1.165) is 12.8 Å². The van der Waals surface area contributed by atoms with E-state index >= 15 is 0 Å². The van der Waals surface area contributed by atoms with E-state index in [2.05, 4.69) is 5.32 Å². The summed E-state index contributed by atoms with van der Waals surface area (Å²) < 4.78 is 0. The second-order valence-corrected chi connectivity index (χ2v) is 5.39. The number of urea groups is 1. The van der Waals surface area contributed by atoms with Crippen molar-refractivity contribution in [2.75, 3.05) is 13.2 Å². The molecule has 1 aliphatic heterocycles. The van der Waals surface area contributed by atoms with Crippen LogP contribution in [0, 0.1) is 0 Å². The number of aliphatic hydroxyl groups is 1. The zero-order valence-electron chi connectivity index (χ0n) is 10.3. The van der Waals surface area contributed by atoms with Crippen molar-refractivity contribution in [3.8, 4) is 0 Å². The van der Waals surface area contributed by atoms with Gasteiger partial charge in [-0.2, -0.15) is 0 Å². The number of nitrogens with one attached hydrogen (secondary N) is 1. The highest BCUT2D eigenvalue weighted by atomic mass is 32.1. The number of aliphatic carboxylic acids is 1. The molecule has 0 bridgehead atoms. The van der Waals surface area contributed by atoms with Crippen LogP contribution in [0.5, 0.6) is 0 Å². The first-order valence-corrected chi connectivity index (χ1v) is 6.95. The van der Waals surface area contributed by atoms with Crippen molar-refractivity contribution in [2.45, 2.75) is 24.9 Å². The third-order valence-electron chi connectivity index (χ3n) is 3.19. The van der Waals surface area contributed by atoms with Gasteiger partial charge in [0.1, 0.15) is 0 Å². The molecule has 104 valence electrons. The summed E-state index contributed by atoms with van der Waals surface area (Å²) in [6.45, 7) is 0.456. The summed E-state index contributed by atoms with van der Waals surface area (Å²) in [5.74, 6) is -1.09. The van der Waals surface area contributed by atoms with Gasteiger partial charge < -0.3 is 20.4 Å². The molecule has 3 N–H and O–H groups in total. The maximum absolute atomic E-state index is 12.1. The molecule has 1 fully saturated rings. The Hall–Kier alpha value is -1.60. The van der Waals surface area contributed by atoms with Gasteiger partial charge in [-0.1, -0.05) is 6.07 Å². The number of rotatable bonds is 4. The van der Waals surface area contributed by atoms with Crippen LogP contribution in [-0.2, 0) is 4.79 Å². The summed E-state index contributed by atoms with van der Waals surface area (Å²) in [6.07, 6.45) is 1.58. The molecule has 0 radical (unpaired) electrons. The number of carbonyl (C=O) groups is 2. The number of hydrogen-bond acceptors (Lipinski definition) is 4. The predicted molar refractivity (Wildman–Crippen MR) is 70.0 cm³/mol. The summed E-state index contributed by atoms with van der Waals surface area (Å²) in [4.78, 5) is 25.4. The molecule has 0 aromatic carbocycles. The van der Waals surface area contributed by atoms with E-state index in [4.69, 9.17) is 0 Å². The Morgan fingerprint density at radius 3 is 2.95 bits per heavy atom. The number of hydrogen-bond donors (Lipinski definition) is 3. The van der Waals surface area contributed by atoms with E-state index in [1.165, 1.54) is 16.2 Å². The van der Waals surface area contributed by atoms with Crippen molar-refractivity contribution in [3.63, 3.8) is 0 Å². The van der Waals surface area contributed by atoms with E-state index < -0.39 is 18.0 Å².